The highest BCUT2D eigenvalue weighted by Gasteiger charge is 2.30. The molecule has 1 unspecified atom stereocenters. The number of amides is 2. The smallest absolute Gasteiger partial charge is 0.254 e. The van der Waals surface area contributed by atoms with Crippen molar-refractivity contribution in [1.82, 2.24) is 24.8 Å². The number of nitrogens with zero attached hydrogens (tertiary/aromatic N) is 4. The van der Waals surface area contributed by atoms with Gasteiger partial charge in [-0.25, -0.2) is 0 Å². The number of hydrogen-bond acceptors (Lipinski definition) is 7. The molecule has 35 heavy (non-hydrogen) atoms. The van der Waals surface area contributed by atoms with Crippen molar-refractivity contribution in [2.45, 2.75) is 25.3 Å². The number of carbonyl (C=O) groups excluding carboxylic acids is 2. The minimum Gasteiger partial charge on any atom is -0.497 e. The lowest BCUT2D eigenvalue weighted by Crippen LogP contribution is -2.44. The summed E-state index contributed by atoms with van der Waals surface area (Å²) >= 11 is 1.73. The Morgan fingerprint density at radius 3 is 2.49 bits per heavy atom. The zero-order valence-corrected chi connectivity index (χ0v) is 21.1. The molecular formula is C25H31N5O4S. The Hall–Kier alpha value is -3.27. The average molecular weight is 498 g/mol. The number of ether oxygens (including phenoxy) is 2. The van der Waals surface area contributed by atoms with Gasteiger partial charge in [0, 0.05) is 36.8 Å². The Morgan fingerprint density at radius 2 is 1.83 bits per heavy atom. The fourth-order valence-electron chi connectivity index (χ4n) is 4.35. The van der Waals surface area contributed by atoms with E-state index >= 15 is 0 Å². The molecule has 0 bridgehead atoms. The van der Waals surface area contributed by atoms with Crippen LogP contribution in [0.1, 0.15) is 41.5 Å². The van der Waals surface area contributed by atoms with Crippen LogP contribution >= 0.6 is 11.8 Å². The van der Waals surface area contributed by atoms with Crippen LogP contribution in [0.2, 0.25) is 0 Å². The third kappa shape index (κ3) is 5.70. The SMILES string of the molecule is COc1cc(OC)cc(C(=O)N2CCC(C(=O)NC(CCSC)c3nnc4ccccn34)CC2)c1. The van der Waals surface area contributed by atoms with Crippen LogP contribution in [0.25, 0.3) is 5.65 Å². The van der Waals surface area contributed by atoms with E-state index in [0.717, 1.165) is 23.6 Å². The van der Waals surface area contributed by atoms with Crippen LogP contribution in [-0.2, 0) is 4.79 Å². The minimum atomic E-state index is -0.226. The molecule has 3 heterocycles. The van der Waals surface area contributed by atoms with Crippen molar-refractivity contribution in [3.05, 3.63) is 54.0 Å². The predicted molar refractivity (Wildman–Crippen MR) is 135 cm³/mol. The Bertz CT molecular complexity index is 1150. The van der Waals surface area contributed by atoms with E-state index in [0.29, 0.717) is 43.0 Å². The van der Waals surface area contributed by atoms with Crippen LogP contribution in [0.15, 0.2) is 42.6 Å². The van der Waals surface area contributed by atoms with Gasteiger partial charge in [0.1, 0.15) is 11.5 Å². The second-order valence-corrected chi connectivity index (χ2v) is 9.48. The standard InChI is InChI=1S/C25H31N5O4S/c1-33-19-14-18(15-20(16-19)34-2)25(32)29-11-7-17(8-12-29)24(31)26-21(9-13-35-3)23-28-27-22-6-4-5-10-30(22)23/h4-6,10,14-17,21H,7-9,11-13H2,1-3H3,(H,26,31). The summed E-state index contributed by atoms with van der Waals surface area (Å²) in [6.45, 7) is 1.03. The zero-order valence-electron chi connectivity index (χ0n) is 20.3. The van der Waals surface area contributed by atoms with Crippen LogP contribution in [0.3, 0.4) is 0 Å². The van der Waals surface area contributed by atoms with Crippen molar-refractivity contribution in [3.63, 3.8) is 0 Å². The minimum absolute atomic E-state index is 0.000988. The quantitative estimate of drug-likeness (QED) is 0.485. The van der Waals surface area contributed by atoms with Crippen LogP contribution in [0.4, 0.5) is 0 Å². The van der Waals surface area contributed by atoms with Gasteiger partial charge in [0.05, 0.1) is 20.3 Å². The molecule has 0 saturated carbocycles. The highest BCUT2D eigenvalue weighted by Crippen LogP contribution is 2.26. The van der Waals surface area contributed by atoms with Gasteiger partial charge in [0.2, 0.25) is 5.91 Å². The van der Waals surface area contributed by atoms with Crippen LogP contribution in [0, 0.1) is 5.92 Å². The summed E-state index contributed by atoms with van der Waals surface area (Å²) in [5, 5.41) is 11.8. The third-order valence-corrected chi connectivity index (χ3v) is 6.97. The molecule has 186 valence electrons. The van der Waals surface area contributed by atoms with E-state index in [1.807, 2.05) is 35.1 Å². The molecule has 1 saturated heterocycles. The van der Waals surface area contributed by atoms with Crippen molar-refractivity contribution < 1.29 is 19.1 Å². The lowest BCUT2D eigenvalue weighted by atomic mass is 9.94. The number of piperidine rings is 1. The van der Waals surface area contributed by atoms with Crippen molar-refractivity contribution in [2.24, 2.45) is 5.92 Å². The molecule has 0 radical (unpaired) electrons. The normalized spacial score (nSPS) is 15.1. The number of pyridine rings is 1. The van der Waals surface area contributed by atoms with Gasteiger partial charge in [-0.3, -0.25) is 14.0 Å². The number of aromatic nitrogens is 3. The molecule has 1 aliphatic heterocycles. The fourth-order valence-corrected chi connectivity index (χ4v) is 4.82. The van der Waals surface area contributed by atoms with Crippen molar-refractivity contribution in [2.75, 3.05) is 39.3 Å². The van der Waals surface area contributed by atoms with Gasteiger partial charge in [0.15, 0.2) is 11.5 Å². The summed E-state index contributed by atoms with van der Waals surface area (Å²) in [4.78, 5) is 28.1. The molecule has 10 heteroatoms. The van der Waals surface area contributed by atoms with E-state index in [1.54, 1.807) is 49.1 Å². The van der Waals surface area contributed by atoms with Gasteiger partial charge < -0.3 is 19.7 Å². The van der Waals surface area contributed by atoms with Crippen molar-refractivity contribution in [3.8, 4) is 11.5 Å². The molecule has 1 N–H and O–H groups in total. The van der Waals surface area contributed by atoms with E-state index in [-0.39, 0.29) is 23.8 Å². The van der Waals surface area contributed by atoms with Crippen LogP contribution in [-0.4, -0.2) is 70.6 Å². The first kappa shape index (κ1) is 24.8. The Balaban J connectivity index is 1.40. The summed E-state index contributed by atoms with van der Waals surface area (Å²) in [6.07, 6.45) is 5.94. The first-order valence-electron chi connectivity index (χ1n) is 11.7. The second kappa shape index (κ2) is 11.4. The maximum Gasteiger partial charge on any atom is 0.254 e. The van der Waals surface area contributed by atoms with Gasteiger partial charge in [-0.1, -0.05) is 6.07 Å². The lowest BCUT2D eigenvalue weighted by molar-refractivity contribution is -0.127. The fraction of sp³-hybridized carbons (Fsp3) is 0.440. The molecule has 0 spiro atoms. The molecular weight excluding hydrogens is 466 g/mol. The van der Waals surface area contributed by atoms with Gasteiger partial charge >= 0.3 is 0 Å². The number of carbonyl (C=O) groups is 2. The Labute approximate surface area is 209 Å². The topological polar surface area (TPSA) is 98.1 Å². The molecule has 3 aromatic rings. The van der Waals surface area contributed by atoms with Crippen LogP contribution < -0.4 is 14.8 Å². The number of methoxy groups -OCH3 is 2. The molecule has 2 aromatic heterocycles. The molecule has 0 aliphatic carbocycles. The molecule has 1 aromatic carbocycles. The Morgan fingerprint density at radius 1 is 1.11 bits per heavy atom. The van der Waals surface area contributed by atoms with E-state index < -0.39 is 0 Å². The molecule has 1 atom stereocenters. The van der Waals surface area contributed by atoms with Crippen molar-refractivity contribution >= 4 is 29.2 Å². The third-order valence-electron chi connectivity index (χ3n) is 6.33. The number of thioether (sulfide) groups is 1. The number of likely N-dealkylation sites (tertiary alicyclic amines) is 1. The summed E-state index contributed by atoms with van der Waals surface area (Å²) < 4.78 is 12.5. The first-order chi connectivity index (χ1) is 17.0. The van der Waals surface area contributed by atoms with E-state index in [1.165, 1.54) is 0 Å². The van der Waals surface area contributed by atoms with E-state index in [4.69, 9.17) is 9.47 Å². The molecule has 9 nitrogen and oxygen atoms in total. The molecule has 1 fully saturated rings. The number of nitrogens with one attached hydrogen (secondary N) is 1. The second-order valence-electron chi connectivity index (χ2n) is 8.50. The number of hydrogen-bond donors (Lipinski definition) is 1. The number of benzene rings is 1. The molecule has 1 aliphatic rings. The number of fused-ring (bicyclic) bond motifs is 1. The summed E-state index contributed by atoms with van der Waals surface area (Å²) in [5.74, 6) is 2.52. The maximum absolute atomic E-state index is 13.2. The van der Waals surface area contributed by atoms with E-state index in [2.05, 4.69) is 15.5 Å². The van der Waals surface area contributed by atoms with Crippen LogP contribution in [0.5, 0.6) is 11.5 Å². The van der Waals surface area contributed by atoms with Gasteiger partial charge in [0.25, 0.3) is 5.91 Å². The molecule has 2 amide bonds. The summed E-state index contributed by atoms with van der Waals surface area (Å²) in [7, 11) is 3.11. The van der Waals surface area contributed by atoms with Crippen molar-refractivity contribution in [1.29, 1.82) is 0 Å². The maximum atomic E-state index is 13.2. The molecule has 4 rings (SSSR count). The highest BCUT2D eigenvalue weighted by molar-refractivity contribution is 7.98. The lowest BCUT2D eigenvalue weighted by Gasteiger charge is -2.32. The summed E-state index contributed by atoms with van der Waals surface area (Å²) in [6, 6.07) is 10.7. The zero-order chi connectivity index (χ0) is 24.8. The van der Waals surface area contributed by atoms with Gasteiger partial charge in [-0.2, -0.15) is 11.8 Å². The largest absolute Gasteiger partial charge is 0.497 e. The highest BCUT2D eigenvalue weighted by atomic mass is 32.2. The summed E-state index contributed by atoms with van der Waals surface area (Å²) in [5.41, 5.74) is 1.27. The Kier molecular flexibility index (Phi) is 8.12. The first-order valence-corrected chi connectivity index (χ1v) is 13.0. The van der Waals surface area contributed by atoms with Gasteiger partial charge in [-0.15, -0.1) is 10.2 Å². The number of rotatable bonds is 9. The van der Waals surface area contributed by atoms with E-state index in [9.17, 15) is 9.59 Å². The monoisotopic (exact) mass is 497 g/mol. The average Bonchev–Trinajstić information content (AvgIpc) is 3.34. The predicted octanol–water partition coefficient (Wildman–Crippen LogP) is 3.21. The van der Waals surface area contributed by atoms with Gasteiger partial charge in [-0.05, 0) is 55.5 Å².